The molecule has 3 atom stereocenters. The average molecular weight is 227 g/mol. The molecule has 0 aromatic carbocycles. The third kappa shape index (κ3) is 2.02. The smallest absolute Gasteiger partial charge is 0.188 e. The summed E-state index contributed by atoms with van der Waals surface area (Å²) in [7, 11) is 10.7. The molecule has 3 N–H and O–H groups in total. The molecule has 0 aromatic heterocycles. The maximum absolute atomic E-state index is 7.44. The van der Waals surface area contributed by atoms with Gasteiger partial charge in [0.2, 0.25) is 0 Å². The van der Waals surface area contributed by atoms with E-state index in [1.807, 2.05) is 0 Å². The predicted molar refractivity (Wildman–Crippen MR) is 60.6 cm³/mol. The topological polar surface area (TPSA) is 80.8 Å². The highest BCUT2D eigenvalue weighted by Gasteiger charge is 2.52. The summed E-state index contributed by atoms with van der Waals surface area (Å²) < 4.78 is 15.9. The van der Waals surface area contributed by atoms with Crippen LogP contribution in [-0.2, 0) is 14.2 Å². The van der Waals surface area contributed by atoms with Crippen LogP contribution >= 0.6 is 0 Å². The van der Waals surface area contributed by atoms with Crippen LogP contribution in [0.2, 0.25) is 0 Å². The first-order chi connectivity index (χ1) is 7.52. The Morgan fingerprint density at radius 3 is 2.56 bits per heavy atom. The molecule has 2 radical (unpaired) electrons. The highest BCUT2D eigenvalue weighted by atomic mass is 16.6. The summed E-state index contributed by atoms with van der Waals surface area (Å²) in [5.74, 6) is -0.595. The number of nitrogens with one attached hydrogen (secondary N) is 1. The minimum absolute atomic E-state index is 0.0930. The van der Waals surface area contributed by atoms with E-state index in [1.54, 1.807) is 21.3 Å². The van der Waals surface area contributed by atoms with Crippen LogP contribution in [0.3, 0.4) is 0 Å². The van der Waals surface area contributed by atoms with Crippen molar-refractivity contribution in [2.24, 2.45) is 5.73 Å². The van der Waals surface area contributed by atoms with Crippen LogP contribution in [0.5, 0.6) is 0 Å². The van der Waals surface area contributed by atoms with Crippen LogP contribution in [0, 0.1) is 5.41 Å². The van der Waals surface area contributed by atoms with E-state index in [-0.39, 0.29) is 12.1 Å². The Bertz CT molecular complexity index is 266. The van der Waals surface area contributed by atoms with Gasteiger partial charge in [-0.25, -0.2) is 0 Å². The van der Waals surface area contributed by atoms with Crippen LogP contribution in [0.4, 0.5) is 0 Å². The molecule has 1 aliphatic heterocycles. The minimum atomic E-state index is -0.686. The molecule has 7 heteroatoms. The van der Waals surface area contributed by atoms with Gasteiger partial charge in [-0.1, -0.05) is 0 Å². The molecule has 1 rings (SSSR count). The number of nitrogens with two attached hydrogens (primary N) is 1. The Labute approximate surface area is 96.9 Å². The number of ether oxygens (including phenoxy) is 3. The Kier molecular flexibility index (Phi) is 4.18. The Morgan fingerprint density at radius 1 is 1.56 bits per heavy atom. The standard InChI is InChI=1S/C9H18BN3O3/c1-14-5-9(16-3)4-13(8(11)12)7(10)6(9)15-2/h6-7H,4-5H2,1-3H3,(H3,11,12)/t6-,7?,9?/m1/s1. The first-order valence-corrected chi connectivity index (χ1v) is 4.95. The Hall–Kier alpha value is -0.785. The van der Waals surface area contributed by atoms with E-state index in [2.05, 4.69) is 0 Å². The fourth-order valence-electron chi connectivity index (χ4n) is 2.17. The second-order valence-electron chi connectivity index (χ2n) is 3.86. The van der Waals surface area contributed by atoms with Gasteiger partial charge < -0.3 is 24.8 Å². The van der Waals surface area contributed by atoms with Gasteiger partial charge in [0, 0.05) is 27.3 Å². The van der Waals surface area contributed by atoms with E-state index in [0.717, 1.165) is 0 Å². The summed E-state index contributed by atoms with van der Waals surface area (Å²) in [6.45, 7) is 0.714. The highest BCUT2D eigenvalue weighted by molar-refractivity contribution is 6.14. The fourth-order valence-corrected chi connectivity index (χ4v) is 2.17. The van der Waals surface area contributed by atoms with Crippen molar-refractivity contribution in [1.29, 1.82) is 5.41 Å². The molecule has 0 saturated carbocycles. The molecular weight excluding hydrogens is 209 g/mol. The van der Waals surface area contributed by atoms with E-state index < -0.39 is 11.5 Å². The van der Waals surface area contributed by atoms with Crippen molar-refractivity contribution >= 4 is 13.8 Å². The van der Waals surface area contributed by atoms with Crippen LogP contribution in [0.15, 0.2) is 0 Å². The van der Waals surface area contributed by atoms with Crippen molar-refractivity contribution in [1.82, 2.24) is 4.90 Å². The number of methoxy groups -OCH3 is 3. The summed E-state index contributed by atoms with van der Waals surface area (Å²) in [5.41, 5.74) is 4.77. The molecule has 0 bridgehead atoms. The summed E-state index contributed by atoms with van der Waals surface area (Å²) in [5, 5.41) is 7.44. The summed E-state index contributed by atoms with van der Waals surface area (Å²) in [6, 6.07) is 0. The zero-order chi connectivity index (χ0) is 12.3. The lowest BCUT2D eigenvalue weighted by Gasteiger charge is -2.32. The van der Waals surface area contributed by atoms with Crippen LogP contribution < -0.4 is 5.73 Å². The predicted octanol–water partition coefficient (Wildman–Crippen LogP) is -1.26. The molecule has 0 aromatic rings. The Balaban J connectivity index is 2.96. The van der Waals surface area contributed by atoms with Crippen LogP contribution in [0.1, 0.15) is 0 Å². The number of hydrogen-bond donors (Lipinski definition) is 2. The number of rotatable bonds is 4. The van der Waals surface area contributed by atoms with Gasteiger partial charge in [-0.15, -0.1) is 0 Å². The van der Waals surface area contributed by atoms with E-state index in [1.165, 1.54) is 4.90 Å². The van der Waals surface area contributed by atoms with Gasteiger partial charge in [0.1, 0.15) is 19.6 Å². The van der Waals surface area contributed by atoms with E-state index in [0.29, 0.717) is 13.2 Å². The lowest BCUT2D eigenvalue weighted by molar-refractivity contribution is -0.122. The van der Waals surface area contributed by atoms with E-state index in [4.69, 9.17) is 33.2 Å². The van der Waals surface area contributed by atoms with Crippen molar-refractivity contribution in [3.63, 3.8) is 0 Å². The molecule has 1 fully saturated rings. The van der Waals surface area contributed by atoms with Gasteiger partial charge in [0.05, 0.1) is 13.2 Å². The molecule has 0 aliphatic carbocycles. The van der Waals surface area contributed by atoms with Gasteiger partial charge in [-0.05, 0) is 0 Å². The number of nitrogens with zero attached hydrogens (tertiary/aromatic N) is 1. The van der Waals surface area contributed by atoms with E-state index in [9.17, 15) is 0 Å². The number of guanidine groups is 1. The molecule has 0 spiro atoms. The van der Waals surface area contributed by atoms with E-state index >= 15 is 0 Å². The molecule has 1 heterocycles. The molecule has 90 valence electrons. The quantitative estimate of drug-likeness (QED) is 0.356. The third-order valence-electron chi connectivity index (χ3n) is 2.99. The molecule has 0 amide bonds. The van der Waals surface area contributed by atoms with Crippen molar-refractivity contribution in [2.45, 2.75) is 17.6 Å². The summed E-state index contributed by atoms with van der Waals surface area (Å²) in [4.78, 5) is 1.54. The van der Waals surface area contributed by atoms with Gasteiger partial charge in [0.25, 0.3) is 0 Å². The van der Waals surface area contributed by atoms with Crippen LogP contribution in [0.25, 0.3) is 0 Å². The van der Waals surface area contributed by atoms with Gasteiger partial charge in [-0.3, -0.25) is 5.41 Å². The highest BCUT2D eigenvalue weighted by Crippen LogP contribution is 2.31. The van der Waals surface area contributed by atoms with Crippen molar-refractivity contribution < 1.29 is 14.2 Å². The maximum atomic E-state index is 7.44. The van der Waals surface area contributed by atoms with Gasteiger partial charge >= 0.3 is 0 Å². The Morgan fingerprint density at radius 2 is 2.19 bits per heavy atom. The van der Waals surface area contributed by atoms with Gasteiger partial charge in [0.15, 0.2) is 5.96 Å². The lowest BCUT2D eigenvalue weighted by atomic mass is 9.85. The normalized spacial score (nSPS) is 34.3. The second kappa shape index (κ2) is 5.03. The average Bonchev–Trinajstić information content (AvgIpc) is 2.53. The molecule has 6 nitrogen and oxygen atoms in total. The third-order valence-corrected chi connectivity index (χ3v) is 2.99. The second-order valence-corrected chi connectivity index (χ2v) is 3.86. The molecular formula is C9H18BN3O3. The minimum Gasteiger partial charge on any atom is -0.382 e. The van der Waals surface area contributed by atoms with Crippen LogP contribution in [-0.4, -0.2) is 70.8 Å². The first kappa shape index (κ1) is 13.3. The molecule has 1 aliphatic rings. The fraction of sp³-hybridized carbons (Fsp3) is 0.889. The van der Waals surface area contributed by atoms with Crippen molar-refractivity contribution in [2.75, 3.05) is 34.5 Å². The lowest BCUT2D eigenvalue weighted by Crippen LogP contribution is -2.50. The molecule has 1 saturated heterocycles. The summed E-state index contributed by atoms with van der Waals surface area (Å²) >= 11 is 0. The zero-order valence-corrected chi connectivity index (χ0v) is 9.90. The molecule has 2 unspecified atom stereocenters. The zero-order valence-electron chi connectivity index (χ0n) is 9.90. The molecule has 16 heavy (non-hydrogen) atoms. The van der Waals surface area contributed by atoms with Crippen molar-refractivity contribution in [3.8, 4) is 0 Å². The SMILES string of the molecule is [B]C1[C@@H](OC)C(COC)(OC)CN1C(=N)N. The largest absolute Gasteiger partial charge is 0.382 e. The summed E-state index contributed by atoms with van der Waals surface area (Å²) in [6.07, 6.45) is -0.388. The van der Waals surface area contributed by atoms with Crippen molar-refractivity contribution in [3.05, 3.63) is 0 Å². The number of likely N-dealkylation sites (tertiary alicyclic amines) is 1. The maximum Gasteiger partial charge on any atom is 0.188 e. The number of hydrogen-bond acceptors (Lipinski definition) is 4. The monoisotopic (exact) mass is 227 g/mol. The van der Waals surface area contributed by atoms with Gasteiger partial charge in [-0.2, -0.15) is 0 Å². The first-order valence-electron chi connectivity index (χ1n) is 4.95.